The van der Waals surface area contributed by atoms with Crippen LogP contribution in [-0.2, 0) is 10.5 Å². The number of rotatable bonds is 5. The molecule has 124 valence electrons. The van der Waals surface area contributed by atoms with Crippen LogP contribution in [0.25, 0.3) is 5.78 Å². The monoisotopic (exact) mass is 342 g/mol. The van der Waals surface area contributed by atoms with Crippen LogP contribution in [0.4, 0.5) is 0 Å². The summed E-state index contributed by atoms with van der Waals surface area (Å²) < 4.78 is 6.56. The number of benzene rings is 1. The van der Waals surface area contributed by atoms with E-state index in [1.54, 1.807) is 31.8 Å². The predicted octanol–water partition coefficient (Wildman–Crippen LogP) is 3.21. The minimum Gasteiger partial charge on any atom is -0.462 e. The summed E-state index contributed by atoms with van der Waals surface area (Å²) in [7, 11) is 0. The number of carbonyl (C=O) groups excluding carboxylic acids is 1. The minimum atomic E-state index is -0.394. The zero-order valence-electron chi connectivity index (χ0n) is 13.8. The maximum atomic E-state index is 11.9. The topological polar surface area (TPSA) is 69.4 Å². The summed E-state index contributed by atoms with van der Waals surface area (Å²) in [5.41, 5.74) is 3.48. The van der Waals surface area contributed by atoms with Gasteiger partial charge in [-0.1, -0.05) is 36.0 Å². The largest absolute Gasteiger partial charge is 0.462 e. The summed E-state index contributed by atoms with van der Waals surface area (Å²) in [6.45, 7) is 5.95. The van der Waals surface area contributed by atoms with Gasteiger partial charge in [-0.25, -0.2) is 14.3 Å². The molecule has 2 heterocycles. The van der Waals surface area contributed by atoms with Gasteiger partial charge in [-0.2, -0.15) is 4.98 Å². The number of fused-ring (bicyclic) bond motifs is 1. The number of carbonyl (C=O) groups is 1. The minimum absolute atomic E-state index is 0.325. The van der Waals surface area contributed by atoms with Gasteiger partial charge in [0.2, 0.25) is 5.16 Å². The molecule has 7 heteroatoms. The summed E-state index contributed by atoms with van der Waals surface area (Å²) in [5.74, 6) is 0.870. The van der Waals surface area contributed by atoms with E-state index in [9.17, 15) is 4.79 Å². The summed E-state index contributed by atoms with van der Waals surface area (Å²) in [6, 6.07) is 8.23. The third-order valence-electron chi connectivity index (χ3n) is 3.62. The first kappa shape index (κ1) is 16.4. The van der Waals surface area contributed by atoms with Crippen LogP contribution >= 0.6 is 11.8 Å². The molecule has 2 aromatic heterocycles. The number of hydrogen-bond donors (Lipinski definition) is 0. The molecule has 3 rings (SSSR count). The highest BCUT2D eigenvalue weighted by atomic mass is 32.2. The van der Waals surface area contributed by atoms with Gasteiger partial charge in [0, 0.05) is 11.9 Å². The Bertz CT molecular complexity index is 891. The second-order valence-electron chi connectivity index (χ2n) is 5.31. The van der Waals surface area contributed by atoms with E-state index in [1.165, 1.54) is 15.6 Å². The summed E-state index contributed by atoms with van der Waals surface area (Å²) >= 11 is 1.54. The lowest BCUT2D eigenvalue weighted by Gasteiger charge is -2.04. The Balaban J connectivity index is 1.83. The van der Waals surface area contributed by atoms with Crippen LogP contribution in [0.3, 0.4) is 0 Å². The van der Waals surface area contributed by atoms with Crippen molar-refractivity contribution in [1.29, 1.82) is 0 Å². The molecule has 6 nitrogen and oxygen atoms in total. The summed E-state index contributed by atoms with van der Waals surface area (Å²) in [5, 5.41) is 5.03. The van der Waals surface area contributed by atoms with Crippen LogP contribution < -0.4 is 0 Å². The Morgan fingerprint density at radius 2 is 2.04 bits per heavy atom. The van der Waals surface area contributed by atoms with Crippen molar-refractivity contribution >= 4 is 23.5 Å². The van der Waals surface area contributed by atoms with Gasteiger partial charge >= 0.3 is 5.97 Å². The van der Waals surface area contributed by atoms with Gasteiger partial charge in [0.25, 0.3) is 5.78 Å². The first-order chi connectivity index (χ1) is 11.6. The third-order valence-corrected chi connectivity index (χ3v) is 4.50. The molecule has 0 fully saturated rings. The SMILES string of the molecule is CCOC(=O)c1cn2nc(SCc3ccccc3C)nc2nc1C. The lowest BCUT2D eigenvalue weighted by Crippen LogP contribution is -2.10. The Labute approximate surface area is 144 Å². The molecule has 0 aliphatic rings. The second kappa shape index (κ2) is 7.00. The normalized spacial score (nSPS) is 11.0. The van der Waals surface area contributed by atoms with Crippen LogP contribution in [0.1, 0.15) is 34.1 Å². The molecular formula is C17H18N4O2S. The second-order valence-corrected chi connectivity index (χ2v) is 6.26. The fourth-order valence-corrected chi connectivity index (χ4v) is 3.17. The van der Waals surface area contributed by atoms with Gasteiger partial charge in [0.1, 0.15) is 0 Å². The van der Waals surface area contributed by atoms with Crippen LogP contribution in [0, 0.1) is 13.8 Å². The molecule has 0 bridgehead atoms. The molecule has 3 aromatic rings. The molecular weight excluding hydrogens is 324 g/mol. The number of nitrogens with zero attached hydrogens (tertiary/aromatic N) is 4. The first-order valence-corrected chi connectivity index (χ1v) is 8.65. The average molecular weight is 342 g/mol. The average Bonchev–Trinajstić information content (AvgIpc) is 2.95. The molecule has 0 amide bonds. The molecule has 0 spiro atoms. The Hall–Kier alpha value is -2.41. The zero-order chi connectivity index (χ0) is 17.1. The van der Waals surface area contributed by atoms with Gasteiger partial charge < -0.3 is 4.74 Å². The van der Waals surface area contributed by atoms with Crippen molar-refractivity contribution in [3.8, 4) is 0 Å². The molecule has 0 atom stereocenters. The highest BCUT2D eigenvalue weighted by Gasteiger charge is 2.15. The predicted molar refractivity (Wildman–Crippen MR) is 92.2 cm³/mol. The molecule has 0 saturated carbocycles. The van der Waals surface area contributed by atoms with Crippen LogP contribution in [0.5, 0.6) is 0 Å². The van der Waals surface area contributed by atoms with Crippen molar-refractivity contribution in [1.82, 2.24) is 19.6 Å². The van der Waals surface area contributed by atoms with Gasteiger partial charge in [0.15, 0.2) is 0 Å². The number of ether oxygens (including phenoxy) is 1. The molecule has 0 N–H and O–H groups in total. The van der Waals surface area contributed by atoms with Gasteiger partial charge in [-0.15, -0.1) is 5.10 Å². The van der Waals surface area contributed by atoms with E-state index in [2.05, 4.69) is 34.1 Å². The smallest absolute Gasteiger partial charge is 0.341 e. The van der Waals surface area contributed by atoms with Crippen LogP contribution in [0.15, 0.2) is 35.6 Å². The summed E-state index contributed by atoms with van der Waals surface area (Å²) in [4.78, 5) is 20.7. The molecule has 0 saturated heterocycles. The van der Waals surface area contributed by atoms with Gasteiger partial charge in [-0.05, 0) is 31.9 Å². The molecule has 0 aliphatic carbocycles. The van der Waals surface area contributed by atoms with Gasteiger partial charge in [-0.3, -0.25) is 0 Å². The van der Waals surface area contributed by atoms with E-state index in [0.29, 0.717) is 28.8 Å². The van der Waals surface area contributed by atoms with Crippen molar-refractivity contribution in [2.24, 2.45) is 0 Å². The lowest BCUT2D eigenvalue weighted by molar-refractivity contribution is 0.0524. The molecule has 0 unspecified atom stereocenters. The Morgan fingerprint density at radius 1 is 1.25 bits per heavy atom. The van der Waals surface area contributed by atoms with E-state index in [1.807, 2.05) is 12.1 Å². The van der Waals surface area contributed by atoms with E-state index in [0.717, 1.165) is 5.75 Å². The van der Waals surface area contributed by atoms with E-state index >= 15 is 0 Å². The van der Waals surface area contributed by atoms with E-state index in [4.69, 9.17) is 4.74 Å². The van der Waals surface area contributed by atoms with E-state index in [-0.39, 0.29) is 0 Å². The van der Waals surface area contributed by atoms with Crippen LogP contribution in [-0.4, -0.2) is 32.2 Å². The first-order valence-electron chi connectivity index (χ1n) is 7.67. The Kier molecular flexibility index (Phi) is 4.80. The quantitative estimate of drug-likeness (QED) is 0.524. The molecule has 1 aromatic carbocycles. The van der Waals surface area contributed by atoms with Crippen molar-refractivity contribution in [2.45, 2.75) is 31.7 Å². The van der Waals surface area contributed by atoms with E-state index < -0.39 is 5.97 Å². The fraction of sp³-hybridized carbons (Fsp3) is 0.294. The number of aryl methyl sites for hydroxylation is 2. The Morgan fingerprint density at radius 3 is 2.79 bits per heavy atom. The molecule has 0 radical (unpaired) electrons. The van der Waals surface area contributed by atoms with Crippen LogP contribution in [0.2, 0.25) is 0 Å². The highest BCUT2D eigenvalue weighted by Crippen LogP contribution is 2.22. The molecule has 0 aliphatic heterocycles. The third kappa shape index (κ3) is 3.41. The standard InChI is InChI=1S/C17H18N4O2S/c1-4-23-15(22)14-9-21-16(18-12(14)3)19-17(20-21)24-10-13-8-6-5-7-11(13)2/h5-9H,4,10H2,1-3H3. The van der Waals surface area contributed by atoms with Crippen molar-refractivity contribution in [3.05, 3.63) is 52.8 Å². The van der Waals surface area contributed by atoms with Crippen molar-refractivity contribution in [2.75, 3.05) is 6.61 Å². The zero-order valence-corrected chi connectivity index (χ0v) is 14.6. The van der Waals surface area contributed by atoms with Crippen molar-refractivity contribution in [3.63, 3.8) is 0 Å². The number of esters is 1. The van der Waals surface area contributed by atoms with Gasteiger partial charge in [0.05, 0.1) is 17.9 Å². The molecule has 24 heavy (non-hydrogen) atoms. The number of thioether (sulfide) groups is 1. The maximum Gasteiger partial charge on any atom is 0.341 e. The number of aromatic nitrogens is 4. The lowest BCUT2D eigenvalue weighted by atomic mass is 10.1. The highest BCUT2D eigenvalue weighted by molar-refractivity contribution is 7.98. The maximum absolute atomic E-state index is 11.9. The van der Waals surface area contributed by atoms with Crippen molar-refractivity contribution < 1.29 is 9.53 Å². The number of hydrogen-bond acceptors (Lipinski definition) is 6. The fourth-order valence-electron chi connectivity index (χ4n) is 2.27. The summed E-state index contributed by atoms with van der Waals surface area (Å²) in [6.07, 6.45) is 1.63.